The molecule has 2 aromatic carbocycles. The van der Waals surface area contributed by atoms with Crippen LogP contribution < -0.4 is 10.1 Å². The van der Waals surface area contributed by atoms with Gasteiger partial charge in [0.15, 0.2) is 0 Å². The van der Waals surface area contributed by atoms with Gasteiger partial charge in [0, 0.05) is 12.6 Å². The standard InChI is InChI=1S/C20H25NO2/c1-3-21-16-12-13-23-20(14-16)19-7-5-4-6-18(19)15-8-10-17(22-2)11-9-15/h4-11,16,20-21H,3,12-14H2,1-2H3/t16-,20+/m1/s1. The van der Waals surface area contributed by atoms with Gasteiger partial charge in [-0.2, -0.15) is 0 Å². The van der Waals surface area contributed by atoms with Gasteiger partial charge in [-0.15, -0.1) is 0 Å². The normalized spacial score (nSPS) is 21.1. The molecule has 0 saturated carbocycles. The van der Waals surface area contributed by atoms with Crippen LogP contribution in [0.4, 0.5) is 0 Å². The molecule has 0 unspecified atom stereocenters. The number of hydrogen-bond donors (Lipinski definition) is 1. The third-order valence-electron chi connectivity index (χ3n) is 4.49. The Morgan fingerprint density at radius 1 is 1.13 bits per heavy atom. The van der Waals surface area contributed by atoms with Gasteiger partial charge in [-0.05, 0) is 48.2 Å². The minimum absolute atomic E-state index is 0.158. The van der Waals surface area contributed by atoms with Gasteiger partial charge in [-0.25, -0.2) is 0 Å². The fraction of sp³-hybridized carbons (Fsp3) is 0.400. The fourth-order valence-electron chi connectivity index (χ4n) is 3.30. The van der Waals surface area contributed by atoms with E-state index < -0.39 is 0 Å². The quantitative estimate of drug-likeness (QED) is 0.898. The lowest BCUT2D eigenvalue weighted by molar-refractivity contribution is 0.000921. The van der Waals surface area contributed by atoms with Crippen molar-refractivity contribution in [1.29, 1.82) is 0 Å². The number of ether oxygens (including phenoxy) is 2. The highest BCUT2D eigenvalue weighted by Crippen LogP contribution is 2.35. The average molecular weight is 311 g/mol. The zero-order valence-corrected chi connectivity index (χ0v) is 13.9. The van der Waals surface area contributed by atoms with E-state index in [0.29, 0.717) is 6.04 Å². The summed E-state index contributed by atoms with van der Waals surface area (Å²) < 4.78 is 11.3. The lowest BCUT2D eigenvalue weighted by Crippen LogP contribution is -2.36. The second-order valence-electron chi connectivity index (χ2n) is 5.95. The third-order valence-corrected chi connectivity index (χ3v) is 4.49. The Bertz CT molecular complexity index is 622. The summed E-state index contributed by atoms with van der Waals surface area (Å²) in [6.45, 7) is 3.99. The summed E-state index contributed by atoms with van der Waals surface area (Å²) in [7, 11) is 1.69. The molecule has 1 aliphatic rings. The van der Waals surface area contributed by atoms with E-state index in [1.165, 1.54) is 16.7 Å². The maximum Gasteiger partial charge on any atom is 0.118 e. The molecule has 0 aromatic heterocycles. The predicted octanol–water partition coefficient (Wildman–Crippen LogP) is 4.19. The van der Waals surface area contributed by atoms with Crippen LogP contribution in [0.25, 0.3) is 11.1 Å². The molecule has 3 rings (SSSR count). The summed E-state index contributed by atoms with van der Waals surface area (Å²) >= 11 is 0. The number of methoxy groups -OCH3 is 1. The molecule has 0 radical (unpaired) electrons. The molecule has 1 saturated heterocycles. The van der Waals surface area contributed by atoms with Crippen LogP contribution in [0.15, 0.2) is 48.5 Å². The lowest BCUT2D eigenvalue weighted by Gasteiger charge is -2.31. The van der Waals surface area contributed by atoms with Crippen molar-refractivity contribution in [2.24, 2.45) is 0 Å². The van der Waals surface area contributed by atoms with Crippen molar-refractivity contribution in [3.05, 3.63) is 54.1 Å². The number of hydrogen-bond acceptors (Lipinski definition) is 3. The maximum atomic E-state index is 6.08. The Morgan fingerprint density at radius 2 is 1.91 bits per heavy atom. The Kier molecular flexibility index (Phi) is 5.31. The van der Waals surface area contributed by atoms with Gasteiger partial charge >= 0.3 is 0 Å². The number of benzene rings is 2. The monoisotopic (exact) mass is 311 g/mol. The first kappa shape index (κ1) is 16.0. The molecule has 122 valence electrons. The summed E-state index contributed by atoms with van der Waals surface area (Å²) in [4.78, 5) is 0. The van der Waals surface area contributed by atoms with Crippen molar-refractivity contribution in [2.45, 2.75) is 31.9 Å². The van der Waals surface area contributed by atoms with Gasteiger partial charge in [-0.3, -0.25) is 0 Å². The van der Waals surface area contributed by atoms with Gasteiger partial charge in [0.1, 0.15) is 5.75 Å². The van der Waals surface area contributed by atoms with Crippen LogP contribution in [-0.4, -0.2) is 26.3 Å². The van der Waals surface area contributed by atoms with E-state index in [1.807, 2.05) is 12.1 Å². The van der Waals surface area contributed by atoms with E-state index in [2.05, 4.69) is 48.6 Å². The Hall–Kier alpha value is -1.84. The fourth-order valence-corrected chi connectivity index (χ4v) is 3.30. The molecular weight excluding hydrogens is 286 g/mol. The summed E-state index contributed by atoms with van der Waals surface area (Å²) in [6.07, 6.45) is 2.28. The van der Waals surface area contributed by atoms with Crippen molar-refractivity contribution < 1.29 is 9.47 Å². The second-order valence-corrected chi connectivity index (χ2v) is 5.95. The molecule has 23 heavy (non-hydrogen) atoms. The first-order valence-electron chi connectivity index (χ1n) is 8.40. The van der Waals surface area contributed by atoms with Crippen LogP contribution in [0.2, 0.25) is 0 Å². The second kappa shape index (κ2) is 7.62. The molecule has 0 aliphatic carbocycles. The molecule has 2 aromatic rings. The third kappa shape index (κ3) is 3.74. The highest BCUT2D eigenvalue weighted by molar-refractivity contribution is 5.68. The summed E-state index contributed by atoms with van der Waals surface area (Å²) in [6, 6.07) is 17.4. The molecule has 3 heteroatoms. The van der Waals surface area contributed by atoms with Crippen molar-refractivity contribution in [3.8, 4) is 16.9 Å². The van der Waals surface area contributed by atoms with E-state index in [0.717, 1.165) is 31.7 Å². The predicted molar refractivity (Wildman–Crippen MR) is 93.8 cm³/mol. The Balaban J connectivity index is 1.87. The minimum Gasteiger partial charge on any atom is -0.497 e. The highest BCUT2D eigenvalue weighted by atomic mass is 16.5. The smallest absolute Gasteiger partial charge is 0.118 e. The summed E-state index contributed by atoms with van der Waals surface area (Å²) in [5.41, 5.74) is 3.73. The molecule has 3 nitrogen and oxygen atoms in total. The van der Waals surface area contributed by atoms with Crippen molar-refractivity contribution in [3.63, 3.8) is 0 Å². The minimum atomic E-state index is 0.158. The molecule has 1 N–H and O–H groups in total. The van der Waals surface area contributed by atoms with Crippen molar-refractivity contribution in [1.82, 2.24) is 5.32 Å². The van der Waals surface area contributed by atoms with E-state index in [1.54, 1.807) is 7.11 Å². The largest absolute Gasteiger partial charge is 0.497 e. The van der Waals surface area contributed by atoms with Gasteiger partial charge < -0.3 is 14.8 Å². The highest BCUT2D eigenvalue weighted by Gasteiger charge is 2.25. The van der Waals surface area contributed by atoms with Crippen LogP contribution in [0, 0.1) is 0 Å². The molecule has 1 aliphatic heterocycles. The average Bonchev–Trinajstić information content (AvgIpc) is 2.62. The molecule has 0 bridgehead atoms. The van der Waals surface area contributed by atoms with Gasteiger partial charge in [0.25, 0.3) is 0 Å². The molecule has 1 fully saturated rings. The van der Waals surface area contributed by atoms with Crippen LogP contribution in [0.1, 0.15) is 31.4 Å². The first-order chi connectivity index (χ1) is 11.3. The van der Waals surface area contributed by atoms with E-state index in [9.17, 15) is 0 Å². The van der Waals surface area contributed by atoms with E-state index in [4.69, 9.17) is 9.47 Å². The zero-order valence-electron chi connectivity index (χ0n) is 13.9. The van der Waals surface area contributed by atoms with Crippen molar-refractivity contribution >= 4 is 0 Å². The molecule has 0 amide bonds. The number of rotatable bonds is 5. The lowest BCUT2D eigenvalue weighted by atomic mass is 9.91. The van der Waals surface area contributed by atoms with E-state index >= 15 is 0 Å². The molecule has 0 spiro atoms. The SMILES string of the molecule is CCN[C@@H]1CCO[C@H](c2ccccc2-c2ccc(OC)cc2)C1. The molecule has 1 heterocycles. The van der Waals surface area contributed by atoms with E-state index in [-0.39, 0.29) is 6.10 Å². The van der Waals surface area contributed by atoms with Gasteiger partial charge in [0.05, 0.1) is 13.2 Å². The molecule has 2 atom stereocenters. The van der Waals surface area contributed by atoms with Crippen LogP contribution in [-0.2, 0) is 4.74 Å². The Morgan fingerprint density at radius 3 is 2.65 bits per heavy atom. The zero-order chi connectivity index (χ0) is 16.1. The maximum absolute atomic E-state index is 6.08. The van der Waals surface area contributed by atoms with Crippen LogP contribution in [0.5, 0.6) is 5.75 Å². The molecular formula is C20H25NO2. The van der Waals surface area contributed by atoms with Gasteiger partial charge in [0.2, 0.25) is 0 Å². The van der Waals surface area contributed by atoms with Gasteiger partial charge in [-0.1, -0.05) is 43.3 Å². The topological polar surface area (TPSA) is 30.5 Å². The number of nitrogens with one attached hydrogen (secondary N) is 1. The van der Waals surface area contributed by atoms with Crippen LogP contribution in [0.3, 0.4) is 0 Å². The summed E-state index contributed by atoms with van der Waals surface area (Å²) in [5.74, 6) is 0.882. The van der Waals surface area contributed by atoms with Crippen LogP contribution >= 0.6 is 0 Å². The first-order valence-corrected chi connectivity index (χ1v) is 8.40. The van der Waals surface area contributed by atoms with Crippen molar-refractivity contribution in [2.75, 3.05) is 20.3 Å². The Labute approximate surface area is 138 Å². The summed E-state index contributed by atoms with van der Waals surface area (Å²) in [5, 5.41) is 3.56.